The van der Waals surface area contributed by atoms with E-state index in [4.69, 9.17) is 4.52 Å². The topological polar surface area (TPSA) is 49.6 Å². The third-order valence-corrected chi connectivity index (χ3v) is 5.83. The van der Waals surface area contributed by atoms with Crippen molar-refractivity contribution in [3.05, 3.63) is 17.0 Å². The number of nitrogens with zero attached hydrogens (tertiary/aromatic N) is 3. The molecule has 3 heterocycles. The Hall–Kier alpha value is -1.36. The largest absolute Gasteiger partial charge is 0.361 e. The van der Waals surface area contributed by atoms with Crippen LogP contribution in [0.3, 0.4) is 0 Å². The van der Waals surface area contributed by atoms with Crippen molar-refractivity contribution in [1.82, 2.24) is 15.0 Å². The van der Waals surface area contributed by atoms with Gasteiger partial charge in [0.25, 0.3) is 0 Å². The van der Waals surface area contributed by atoms with Crippen molar-refractivity contribution in [3.8, 4) is 0 Å². The summed E-state index contributed by atoms with van der Waals surface area (Å²) in [5, 5.41) is 4.09. The average molecular weight is 333 g/mol. The number of likely N-dealkylation sites (tertiary alicyclic amines) is 2. The van der Waals surface area contributed by atoms with E-state index in [1.165, 1.54) is 18.4 Å². The third kappa shape index (κ3) is 3.66. The lowest BCUT2D eigenvalue weighted by atomic mass is 9.73. The number of hydrogen-bond acceptors (Lipinski definition) is 4. The van der Waals surface area contributed by atoms with E-state index in [0.29, 0.717) is 11.3 Å². The first-order valence-electron chi connectivity index (χ1n) is 9.45. The summed E-state index contributed by atoms with van der Waals surface area (Å²) in [5.74, 6) is 1.30. The molecule has 1 atom stereocenters. The van der Waals surface area contributed by atoms with Crippen LogP contribution >= 0.6 is 0 Å². The Bertz CT molecular complexity index is 564. The van der Waals surface area contributed by atoms with Crippen LogP contribution < -0.4 is 0 Å². The number of carbonyl (C=O) groups excluding carboxylic acids is 1. The molecule has 0 radical (unpaired) electrons. The van der Waals surface area contributed by atoms with Crippen molar-refractivity contribution >= 4 is 5.91 Å². The molecule has 24 heavy (non-hydrogen) atoms. The van der Waals surface area contributed by atoms with Gasteiger partial charge in [-0.1, -0.05) is 18.5 Å². The van der Waals surface area contributed by atoms with E-state index in [1.807, 2.05) is 13.8 Å². The van der Waals surface area contributed by atoms with Crippen molar-refractivity contribution in [2.45, 2.75) is 65.8 Å². The summed E-state index contributed by atoms with van der Waals surface area (Å²) in [6.07, 6.45) is 6.51. The van der Waals surface area contributed by atoms with E-state index in [2.05, 4.69) is 21.9 Å². The van der Waals surface area contributed by atoms with E-state index in [-0.39, 0.29) is 0 Å². The van der Waals surface area contributed by atoms with E-state index in [1.54, 1.807) is 0 Å². The second kappa shape index (κ2) is 7.26. The second-order valence-corrected chi connectivity index (χ2v) is 7.79. The molecular weight excluding hydrogens is 302 g/mol. The summed E-state index contributed by atoms with van der Waals surface area (Å²) in [6, 6.07) is 0. The smallest absolute Gasteiger partial charge is 0.222 e. The molecule has 134 valence electrons. The fourth-order valence-electron chi connectivity index (χ4n) is 4.38. The third-order valence-electron chi connectivity index (χ3n) is 5.83. The number of aryl methyl sites for hydroxylation is 2. The first kappa shape index (κ1) is 17.5. The van der Waals surface area contributed by atoms with Crippen LogP contribution in [0.1, 0.15) is 62.5 Å². The van der Waals surface area contributed by atoms with Crippen LogP contribution in [0.4, 0.5) is 0 Å². The fraction of sp³-hybridized carbons (Fsp3) is 0.789. The van der Waals surface area contributed by atoms with Gasteiger partial charge in [-0.15, -0.1) is 0 Å². The number of amides is 1. The molecule has 0 bridgehead atoms. The fourth-order valence-corrected chi connectivity index (χ4v) is 4.38. The summed E-state index contributed by atoms with van der Waals surface area (Å²) in [7, 11) is 0. The SMILES string of the molecule is CCCCN1C[C@@]2(CCCN(Cc3c(C)noc3C)C2)CCC1=O. The highest BCUT2D eigenvalue weighted by Gasteiger charge is 2.41. The van der Waals surface area contributed by atoms with Crippen LogP contribution in [-0.2, 0) is 11.3 Å². The lowest BCUT2D eigenvalue weighted by molar-refractivity contribution is -0.139. The van der Waals surface area contributed by atoms with Gasteiger partial charge in [-0.05, 0) is 46.1 Å². The molecule has 2 fully saturated rings. The molecule has 3 rings (SSSR count). The van der Waals surface area contributed by atoms with Gasteiger partial charge in [-0.2, -0.15) is 0 Å². The summed E-state index contributed by atoms with van der Waals surface area (Å²) in [5.41, 5.74) is 2.54. The summed E-state index contributed by atoms with van der Waals surface area (Å²) >= 11 is 0. The molecule has 1 amide bonds. The Morgan fingerprint density at radius 3 is 2.79 bits per heavy atom. The summed E-state index contributed by atoms with van der Waals surface area (Å²) < 4.78 is 5.32. The maximum absolute atomic E-state index is 12.2. The predicted octanol–water partition coefficient (Wildman–Crippen LogP) is 3.30. The second-order valence-electron chi connectivity index (χ2n) is 7.79. The zero-order valence-electron chi connectivity index (χ0n) is 15.4. The van der Waals surface area contributed by atoms with Crippen molar-refractivity contribution in [1.29, 1.82) is 0 Å². The normalized spacial score (nSPS) is 25.6. The molecule has 0 saturated carbocycles. The molecule has 5 heteroatoms. The maximum Gasteiger partial charge on any atom is 0.222 e. The van der Waals surface area contributed by atoms with Gasteiger partial charge in [0.1, 0.15) is 5.76 Å². The summed E-state index contributed by atoms with van der Waals surface area (Å²) in [6.45, 7) is 11.2. The van der Waals surface area contributed by atoms with Crippen LogP contribution in [0.15, 0.2) is 4.52 Å². The molecule has 0 unspecified atom stereocenters. The molecule has 1 aromatic heterocycles. The number of hydrogen-bond donors (Lipinski definition) is 0. The highest BCUT2D eigenvalue weighted by molar-refractivity contribution is 5.77. The first-order valence-corrected chi connectivity index (χ1v) is 9.45. The number of carbonyl (C=O) groups is 1. The molecule has 1 spiro atoms. The quantitative estimate of drug-likeness (QED) is 0.829. The maximum atomic E-state index is 12.2. The van der Waals surface area contributed by atoms with Crippen LogP contribution in [0, 0.1) is 19.3 Å². The lowest BCUT2D eigenvalue weighted by Crippen LogP contribution is -2.54. The van der Waals surface area contributed by atoms with Crippen LogP contribution in [-0.4, -0.2) is 47.0 Å². The van der Waals surface area contributed by atoms with Gasteiger partial charge in [0, 0.05) is 43.6 Å². The minimum absolute atomic E-state index is 0.291. The molecule has 2 aliphatic rings. The molecule has 0 aliphatic carbocycles. The van der Waals surface area contributed by atoms with Crippen molar-refractivity contribution in [2.24, 2.45) is 5.41 Å². The highest BCUT2D eigenvalue weighted by Crippen LogP contribution is 2.39. The van der Waals surface area contributed by atoms with Gasteiger partial charge in [-0.3, -0.25) is 9.69 Å². The number of aromatic nitrogens is 1. The number of piperidine rings is 2. The first-order chi connectivity index (χ1) is 11.5. The minimum Gasteiger partial charge on any atom is -0.361 e. The van der Waals surface area contributed by atoms with Gasteiger partial charge < -0.3 is 9.42 Å². The van der Waals surface area contributed by atoms with Crippen molar-refractivity contribution < 1.29 is 9.32 Å². The molecule has 0 aromatic carbocycles. The molecular formula is C19H31N3O2. The zero-order valence-corrected chi connectivity index (χ0v) is 15.4. The van der Waals surface area contributed by atoms with Gasteiger partial charge in [0.15, 0.2) is 0 Å². The molecule has 1 aromatic rings. The van der Waals surface area contributed by atoms with Crippen molar-refractivity contribution in [2.75, 3.05) is 26.2 Å². The van der Waals surface area contributed by atoms with Crippen LogP contribution in [0.25, 0.3) is 0 Å². The Kier molecular flexibility index (Phi) is 5.28. The van der Waals surface area contributed by atoms with E-state index >= 15 is 0 Å². The standard InChI is InChI=1S/C19H31N3O2/c1-4-5-11-22-14-19(9-7-18(22)23)8-6-10-21(13-19)12-17-15(2)20-24-16(17)3/h4-14H2,1-3H3/t19-/m0/s1. The van der Waals surface area contributed by atoms with E-state index < -0.39 is 0 Å². The van der Waals surface area contributed by atoms with E-state index in [9.17, 15) is 4.79 Å². The van der Waals surface area contributed by atoms with Crippen LogP contribution in [0.5, 0.6) is 0 Å². The molecule has 5 nitrogen and oxygen atoms in total. The van der Waals surface area contributed by atoms with Gasteiger partial charge in [-0.25, -0.2) is 0 Å². The molecule has 2 aliphatic heterocycles. The van der Waals surface area contributed by atoms with Gasteiger partial charge in [0.05, 0.1) is 5.69 Å². The number of unbranched alkanes of at least 4 members (excludes halogenated alkanes) is 1. The van der Waals surface area contributed by atoms with Gasteiger partial charge >= 0.3 is 0 Å². The predicted molar refractivity (Wildman–Crippen MR) is 93.6 cm³/mol. The Morgan fingerprint density at radius 1 is 1.25 bits per heavy atom. The van der Waals surface area contributed by atoms with E-state index in [0.717, 1.165) is 69.9 Å². The molecule has 0 N–H and O–H groups in total. The van der Waals surface area contributed by atoms with Crippen LogP contribution in [0.2, 0.25) is 0 Å². The summed E-state index contributed by atoms with van der Waals surface area (Å²) in [4.78, 5) is 16.9. The number of rotatable bonds is 5. The Balaban J connectivity index is 1.67. The van der Waals surface area contributed by atoms with Crippen molar-refractivity contribution in [3.63, 3.8) is 0 Å². The lowest BCUT2D eigenvalue weighted by Gasteiger charge is -2.48. The average Bonchev–Trinajstić information content (AvgIpc) is 2.88. The Morgan fingerprint density at radius 2 is 2.08 bits per heavy atom. The molecule has 2 saturated heterocycles. The minimum atomic E-state index is 0.291. The Labute approximate surface area is 145 Å². The zero-order chi connectivity index (χ0) is 17.2. The van der Waals surface area contributed by atoms with Gasteiger partial charge in [0.2, 0.25) is 5.91 Å². The highest BCUT2D eigenvalue weighted by atomic mass is 16.5. The monoisotopic (exact) mass is 333 g/mol.